The summed E-state index contributed by atoms with van der Waals surface area (Å²) in [7, 11) is 2.11. The summed E-state index contributed by atoms with van der Waals surface area (Å²) in [5, 5.41) is 17.2. The summed E-state index contributed by atoms with van der Waals surface area (Å²) in [5.41, 5.74) is 0. The summed E-state index contributed by atoms with van der Waals surface area (Å²) in [6.07, 6.45) is 5.33. The van der Waals surface area contributed by atoms with Gasteiger partial charge in [-0.15, -0.1) is 10.2 Å². The molecule has 0 aromatic carbocycles. The molecule has 102 valence electrons. The van der Waals surface area contributed by atoms with Crippen molar-refractivity contribution in [2.24, 2.45) is 5.92 Å². The van der Waals surface area contributed by atoms with Crippen LogP contribution in [0.25, 0.3) is 0 Å². The number of rotatable bonds is 5. The zero-order chi connectivity index (χ0) is 13.0. The van der Waals surface area contributed by atoms with Crippen LogP contribution in [0.1, 0.15) is 44.4 Å². The number of hydrogen-bond acceptors (Lipinski definition) is 5. The third-order valence-corrected chi connectivity index (χ3v) is 3.89. The first-order chi connectivity index (χ1) is 8.72. The van der Waals surface area contributed by atoms with Gasteiger partial charge in [0.25, 0.3) is 0 Å². The van der Waals surface area contributed by atoms with E-state index in [4.69, 9.17) is 9.52 Å². The standard InChI is InChI=1S/C13H23N3O2/c1-3-12-14-15-13(18-12)8-16(2)11-6-4-10(9-17)5-7-11/h10-11,17H,3-9H2,1-2H3. The van der Waals surface area contributed by atoms with E-state index in [0.717, 1.165) is 38.6 Å². The smallest absolute Gasteiger partial charge is 0.230 e. The molecule has 1 aromatic rings. The minimum absolute atomic E-state index is 0.333. The van der Waals surface area contributed by atoms with Gasteiger partial charge < -0.3 is 9.52 Å². The molecule has 1 aromatic heterocycles. The van der Waals surface area contributed by atoms with Gasteiger partial charge in [-0.25, -0.2) is 0 Å². The van der Waals surface area contributed by atoms with Crippen molar-refractivity contribution in [1.29, 1.82) is 0 Å². The Labute approximate surface area is 108 Å². The molecule has 1 aliphatic carbocycles. The van der Waals surface area contributed by atoms with Crippen LogP contribution in [0.5, 0.6) is 0 Å². The summed E-state index contributed by atoms with van der Waals surface area (Å²) in [6, 6.07) is 0.574. The molecule has 0 amide bonds. The molecule has 0 bridgehead atoms. The molecule has 1 aliphatic rings. The first kappa shape index (κ1) is 13.5. The topological polar surface area (TPSA) is 62.4 Å². The first-order valence-corrected chi connectivity index (χ1v) is 6.85. The molecule has 2 rings (SSSR count). The van der Waals surface area contributed by atoms with Gasteiger partial charge >= 0.3 is 0 Å². The predicted molar refractivity (Wildman–Crippen MR) is 68.0 cm³/mol. The van der Waals surface area contributed by atoms with E-state index in [9.17, 15) is 0 Å². The lowest BCUT2D eigenvalue weighted by atomic mass is 9.86. The second kappa shape index (κ2) is 6.29. The molecule has 1 heterocycles. The first-order valence-electron chi connectivity index (χ1n) is 6.85. The van der Waals surface area contributed by atoms with Crippen molar-refractivity contribution in [3.8, 4) is 0 Å². The van der Waals surface area contributed by atoms with E-state index in [-0.39, 0.29) is 0 Å². The van der Waals surface area contributed by atoms with Crippen LogP contribution >= 0.6 is 0 Å². The van der Waals surface area contributed by atoms with Gasteiger partial charge in [0.2, 0.25) is 11.8 Å². The lowest BCUT2D eigenvalue weighted by Crippen LogP contribution is -2.35. The molecule has 0 spiro atoms. The third-order valence-electron chi connectivity index (χ3n) is 3.89. The van der Waals surface area contributed by atoms with Crippen molar-refractivity contribution in [2.45, 2.75) is 51.6 Å². The summed E-state index contributed by atoms with van der Waals surface area (Å²) >= 11 is 0. The van der Waals surface area contributed by atoms with Crippen molar-refractivity contribution >= 4 is 0 Å². The average Bonchev–Trinajstić information content (AvgIpc) is 2.86. The van der Waals surface area contributed by atoms with Gasteiger partial charge in [0.1, 0.15) is 0 Å². The van der Waals surface area contributed by atoms with E-state index < -0.39 is 0 Å². The van der Waals surface area contributed by atoms with E-state index in [1.165, 1.54) is 0 Å². The van der Waals surface area contributed by atoms with Crippen LogP contribution in [0, 0.1) is 5.92 Å². The normalized spacial score (nSPS) is 24.7. The molecule has 0 unspecified atom stereocenters. The van der Waals surface area contributed by atoms with Crippen LogP contribution < -0.4 is 0 Å². The maximum absolute atomic E-state index is 9.13. The molecule has 0 saturated heterocycles. The zero-order valence-electron chi connectivity index (χ0n) is 11.3. The monoisotopic (exact) mass is 253 g/mol. The second-order valence-electron chi connectivity index (χ2n) is 5.22. The van der Waals surface area contributed by atoms with Crippen LogP contribution in [0.4, 0.5) is 0 Å². The van der Waals surface area contributed by atoms with Gasteiger partial charge in [-0.2, -0.15) is 0 Å². The SMILES string of the molecule is CCc1nnc(CN(C)C2CCC(CO)CC2)o1. The van der Waals surface area contributed by atoms with Gasteiger partial charge in [0, 0.05) is 19.1 Å². The van der Waals surface area contributed by atoms with E-state index in [0.29, 0.717) is 30.3 Å². The molecule has 5 heteroatoms. The highest BCUT2D eigenvalue weighted by molar-refractivity contribution is 4.84. The Hall–Kier alpha value is -0.940. The fourth-order valence-electron chi connectivity index (χ4n) is 2.61. The molecular weight excluding hydrogens is 230 g/mol. The summed E-state index contributed by atoms with van der Waals surface area (Å²) in [4.78, 5) is 2.29. The van der Waals surface area contributed by atoms with E-state index >= 15 is 0 Å². The summed E-state index contributed by atoms with van der Waals surface area (Å²) < 4.78 is 5.53. The third kappa shape index (κ3) is 3.29. The molecule has 18 heavy (non-hydrogen) atoms. The Bertz CT molecular complexity index is 359. The summed E-state index contributed by atoms with van der Waals surface area (Å²) in [5.74, 6) is 1.92. The molecular formula is C13H23N3O2. The molecule has 1 saturated carbocycles. The molecule has 0 aliphatic heterocycles. The molecule has 0 atom stereocenters. The van der Waals surface area contributed by atoms with E-state index in [2.05, 4.69) is 22.1 Å². The maximum atomic E-state index is 9.13. The van der Waals surface area contributed by atoms with Crippen molar-refractivity contribution in [3.05, 3.63) is 11.8 Å². The van der Waals surface area contributed by atoms with Crippen molar-refractivity contribution in [3.63, 3.8) is 0 Å². The highest BCUT2D eigenvalue weighted by Crippen LogP contribution is 2.27. The minimum atomic E-state index is 0.333. The average molecular weight is 253 g/mol. The Morgan fingerprint density at radius 3 is 2.44 bits per heavy atom. The number of aliphatic hydroxyl groups is 1. The Balaban J connectivity index is 1.82. The molecule has 1 N–H and O–H groups in total. The van der Waals surface area contributed by atoms with Crippen LogP contribution in [-0.2, 0) is 13.0 Å². The van der Waals surface area contributed by atoms with Gasteiger partial charge in [-0.1, -0.05) is 6.92 Å². The van der Waals surface area contributed by atoms with Crippen molar-refractivity contribution < 1.29 is 9.52 Å². The highest BCUT2D eigenvalue weighted by atomic mass is 16.4. The van der Waals surface area contributed by atoms with Crippen LogP contribution in [0.15, 0.2) is 4.42 Å². The van der Waals surface area contributed by atoms with E-state index in [1.807, 2.05) is 6.92 Å². The highest BCUT2D eigenvalue weighted by Gasteiger charge is 2.24. The number of aryl methyl sites for hydroxylation is 1. The summed E-state index contributed by atoms with van der Waals surface area (Å²) in [6.45, 7) is 3.07. The molecule has 0 radical (unpaired) electrons. The lowest BCUT2D eigenvalue weighted by molar-refractivity contribution is 0.118. The Morgan fingerprint density at radius 1 is 1.22 bits per heavy atom. The van der Waals surface area contributed by atoms with Crippen LogP contribution in [0.3, 0.4) is 0 Å². The fraction of sp³-hybridized carbons (Fsp3) is 0.846. The zero-order valence-corrected chi connectivity index (χ0v) is 11.3. The van der Waals surface area contributed by atoms with Crippen LogP contribution in [0.2, 0.25) is 0 Å². The maximum Gasteiger partial charge on any atom is 0.230 e. The van der Waals surface area contributed by atoms with Gasteiger partial charge in [-0.3, -0.25) is 4.90 Å². The predicted octanol–water partition coefficient (Wildman–Crippen LogP) is 1.61. The molecule has 5 nitrogen and oxygen atoms in total. The Morgan fingerprint density at radius 2 is 1.89 bits per heavy atom. The second-order valence-corrected chi connectivity index (χ2v) is 5.22. The number of hydrogen-bond donors (Lipinski definition) is 1. The fourth-order valence-corrected chi connectivity index (χ4v) is 2.61. The lowest BCUT2D eigenvalue weighted by Gasteiger charge is -2.33. The molecule has 1 fully saturated rings. The van der Waals surface area contributed by atoms with Gasteiger partial charge in [0.05, 0.1) is 6.54 Å². The van der Waals surface area contributed by atoms with Gasteiger partial charge in [-0.05, 0) is 38.6 Å². The number of nitrogens with zero attached hydrogens (tertiary/aromatic N) is 3. The van der Waals surface area contributed by atoms with Crippen LogP contribution in [-0.4, -0.2) is 39.9 Å². The van der Waals surface area contributed by atoms with Crippen molar-refractivity contribution in [2.75, 3.05) is 13.7 Å². The largest absolute Gasteiger partial charge is 0.424 e. The minimum Gasteiger partial charge on any atom is -0.424 e. The number of aliphatic hydroxyl groups excluding tert-OH is 1. The quantitative estimate of drug-likeness (QED) is 0.864. The van der Waals surface area contributed by atoms with Crippen molar-refractivity contribution in [1.82, 2.24) is 15.1 Å². The Kier molecular flexibility index (Phi) is 4.72. The van der Waals surface area contributed by atoms with E-state index in [1.54, 1.807) is 0 Å². The number of aromatic nitrogens is 2. The van der Waals surface area contributed by atoms with Gasteiger partial charge in [0.15, 0.2) is 0 Å².